The highest BCUT2D eigenvalue weighted by atomic mass is 35.5. The molecule has 0 aliphatic carbocycles. The SMILES string of the molecule is CCCCc1n[nH]c(=S)n1/N=C\c1cc(Cl)c(OC)c(OC)c1. The maximum absolute atomic E-state index is 6.19. The lowest BCUT2D eigenvalue weighted by atomic mass is 10.2. The smallest absolute Gasteiger partial charge is 0.216 e. The van der Waals surface area contributed by atoms with E-state index < -0.39 is 0 Å². The fourth-order valence-electron chi connectivity index (χ4n) is 2.08. The van der Waals surface area contributed by atoms with Crippen molar-refractivity contribution in [2.24, 2.45) is 5.10 Å². The fraction of sp³-hybridized carbons (Fsp3) is 0.400. The van der Waals surface area contributed by atoms with Gasteiger partial charge >= 0.3 is 0 Å². The third kappa shape index (κ3) is 4.11. The summed E-state index contributed by atoms with van der Waals surface area (Å²) in [4.78, 5) is 0. The van der Waals surface area contributed by atoms with E-state index in [0.29, 0.717) is 21.3 Å². The number of rotatable bonds is 7. The van der Waals surface area contributed by atoms with Crippen molar-refractivity contribution < 1.29 is 9.47 Å². The van der Waals surface area contributed by atoms with Gasteiger partial charge in [0.1, 0.15) is 0 Å². The molecule has 0 aliphatic rings. The molecule has 124 valence electrons. The van der Waals surface area contributed by atoms with Crippen LogP contribution in [0.4, 0.5) is 0 Å². The molecule has 2 rings (SSSR count). The Labute approximate surface area is 145 Å². The van der Waals surface area contributed by atoms with Crippen LogP contribution in [-0.2, 0) is 6.42 Å². The third-order valence-corrected chi connectivity index (χ3v) is 3.79. The molecule has 0 bridgehead atoms. The minimum atomic E-state index is 0.454. The molecule has 1 aromatic carbocycles. The van der Waals surface area contributed by atoms with Crippen molar-refractivity contribution in [3.63, 3.8) is 0 Å². The van der Waals surface area contributed by atoms with E-state index in [0.717, 1.165) is 30.7 Å². The Morgan fingerprint density at radius 2 is 2.17 bits per heavy atom. The second-order valence-corrected chi connectivity index (χ2v) is 5.64. The van der Waals surface area contributed by atoms with Gasteiger partial charge in [-0.25, -0.2) is 0 Å². The zero-order valence-electron chi connectivity index (χ0n) is 13.3. The molecular weight excluding hydrogens is 336 g/mol. The summed E-state index contributed by atoms with van der Waals surface area (Å²) in [6, 6.07) is 3.55. The highest BCUT2D eigenvalue weighted by Gasteiger charge is 2.10. The van der Waals surface area contributed by atoms with Crippen molar-refractivity contribution in [2.45, 2.75) is 26.2 Å². The van der Waals surface area contributed by atoms with Gasteiger partial charge in [0.25, 0.3) is 0 Å². The number of unbranched alkanes of at least 4 members (excludes halogenated alkanes) is 1. The highest BCUT2D eigenvalue weighted by Crippen LogP contribution is 2.35. The number of H-pyrrole nitrogens is 1. The van der Waals surface area contributed by atoms with Crippen molar-refractivity contribution >= 4 is 30.0 Å². The van der Waals surface area contributed by atoms with Gasteiger partial charge in [-0.1, -0.05) is 24.9 Å². The molecular formula is C15H19ClN4O2S. The molecule has 0 amide bonds. The van der Waals surface area contributed by atoms with E-state index in [1.54, 1.807) is 37.2 Å². The highest BCUT2D eigenvalue weighted by molar-refractivity contribution is 7.71. The van der Waals surface area contributed by atoms with Crippen LogP contribution in [0.15, 0.2) is 17.2 Å². The Balaban J connectivity index is 2.32. The number of aromatic amines is 1. The number of aryl methyl sites for hydroxylation is 1. The van der Waals surface area contributed by atoms with Crippen molar-refractivity contribution in [1.29, 1.82) is 0 Å². The first-order valence-corrected chi connectivity index (χ1v) is 8.01. The number of hydrogen-bond acceptors (Lipinski definition) is 5. The van der Waals surface area contributed by atoms with E-state index in [1.165, 1.54) is 0 Å². The molecule has 0 saturated carbocycles. The molecule has 0 saturated heterocycles. The van der Waals surface area contributed by atoms with Gasteiger partial charge in [-0.2, -0.15) is 14.9 Å². The van der Waals surface area contributed by atoms with E-state index in [9.17, 15) is 0 Å². The fourth-order valence-corrected chi connectivity index (χ4v) is 2.57. The Bertz CT molecular complexity index is 754. The normalized spacial score (nSPS) is 11.1. The van der Waals surface area contributed by atoms with Gasteiger partial charge in [-0.3, -0.25) is 5.10 Å². The van der Waals surface area contributed by atoms with Crippen LogP contribution in [0.2, 0.25) is 5.02 Å². The summed E-state index contributed by atoms with van der Waals surface area (Å²) >= 11 is 11.4. The van der Waals surface area contributed by atoms with Gasteiger partial charge < -0.3 is 9.47 Å². The number of nitrogens with zero attached hydrogens (tertiary/aromatic N) is 3. The number of halogens is 1. The predicted molar refractivity (Wildman–Crippen MR) is 93.6 cm³/mol. The number of benzene rings is 1. The molecule has 1 heterocycles. The summed E-state index contributed by atoms with van der Waals surface area (Å²) in [5.74, 6) is 1.85. The lowest BCUT2D eigenvalue weighted by molar-refractivity contribution is 0.355. The minimum Gasteiger partial charge on any atom is -0.493 e. The van der Waals surface area contributed by atoms with Crippen LogP contribution in [-0.4, -0.2) is 35.3 Å². The monoisotopic (exact) mass is 354 g/mol. The summed E-state index contributed by atoms with van der Waals surface area (Å²) < 4.78 is 12.6. The van der Waals surface area contributed by atoms with Crippen molar-refractivity contribution in [3.8, 4) is 11.5 Å². The van der Waals surface area contributed by atoms with Crippen molar-refractivity contribution in [1.82, 2.24) is 14.9 Å². The van der Waals surface area contributed by atoms with Gasteiger partial charge in [0, 0.05) is 6.42 Å². The topological polar surface area (TPSA) is 64.4 Å². The quantitative estimate of drug-likeness (QED) is 0.606. The Morgan fingerprint density at radius 3 is 2.83 bits per heavy atom. The molecule has 0 atom stereocenters. The molecule has 0 spiro atoms. The van der Waals surface area contributed by atoms with Crippen LogP contribution >= 0.6 is 23.8 Å². The van der Waals surface area contributed by atoms with Crippen molar-refractivity contribution in [2.75, 3.05) is 14.2 Å². The number of ether oxygens (including phenoxy) is 2. The zero-order valence-corrected chi connectivity index (χ0v) is 14.9. The second-order valence-electron chi connectivity index (χ2n) is 4.84. The van der Waals surface area contributed by atoms with E-state index in [4.69, 9.17) is 33.3 Å². The first kappa shape index (κ1) is 17.5. The number of hydrogen-bond donors (Lipinski definition) is 1. The van der Waals surface area contributed by atoms with Gasteiger partial charge in [0.2, 0.25) is 4.77 Å². The Hall–Kier alpha value is -1.86. The Morgan fingerprint density at radius 1 is 1.39 bits per heavy atom. The van der Waals surface area contributed by atoms with Crippen LogP contribution in [0.3, 0.4) is 0 Å². The van der Waals surface area contributed by atoms with Gasteiger partial charge in [-0.15, -0.1) is 0 Å². The molecule has 1 aromatic heterocycles. The summed E-state index contributed by atoms with van der Waals surface area (Å²) in [6.45, 7) is 2.13. The second kappa shape index (κ2) is 8.12. The van der Waals surface area contributed by atoms with E-state index >= 15 is 0 Å². The Kier molecular flexibility index (Phi) is 6.18. The molecule has 0 unspecified atom stereocenters. The zero-order chi connectivity index (χ0) is 16.8. The van der Waals surface area contributed by atoms with E-state index in [2.05, 4.69) is 22.2 Å². The van der Waals surface area contributed by atoms with E-state index in [1.807, 2.05) is 0 Å². The first-order valence-electron chi connectivity index (χ1n) is 7.22. The van der Waals surface area contributed by atoms with Gasteiger partial charge in [0.15, 0.2) is 17.3 Å². The van der Waals surface area contributed by atoms with Crippen LogP contribution < -0.4 is 9.47 Å². The van der Waals surface area contributed by atoms with Crippen LogP contribution in [0.25, 0.3) is 0 Å². The maximum atomic E-state index is 6.19. The lowest BCUT2D eigenvalue weighted by Gasteiger charge is -2.10. The number of nitrogens with one attached hydrogen (secondary N) is 1. The summed E-state index contributed by atoms with van der Waals surface area (Å²) in [5, 5.41) is 11.8. The molecule has 1 N–H and O–H groups in total. The minimum absolute atomic E-state index is 0.454. The molecule has 23 heavy (non-hydrogen) atoms. The summed E-state index contributed by atoms with van der Waals surface area (Å²) in [7, 11) is 3.10. The maximum Gasteiger partial charge on any atom is 0.216 e. The van der Waals surface area contributed by atoms with Gasteiger partial charge in [0.05, 0.1) is 25.5 Å². The number of aromatic nitrogens is 3. The van der Waals surface area contributed by atoms with Crippen molar-refractivity contribution in [3.05, 3.63) is 33.3 Å². The van der Waals surface area contributed by atoms with Crippen LogP contribution in [0.5, 0.6) is 11.5 Å². The first-order chi connectivity index (χ1) is 11.1. The molecule has 0 fully saturated rings. The molecule has 0 radical (unpaired) electrons. The summed E-state index contributed by atoms with van der Waals surface area (Å²) in [6.07, 6.45) is 4.58. The molecule has 0 aliphatic heterocycles. The lowest BCUT2D eigenvalue weighted by Crippen LogP contribution is -2.00. The molecule has 6 nitrogen and oxygen atoms in total. The number of methoxy groups -OCH3 is 2. The average molecular weight is 355 g/mol. The molecule has 8 heteroatoms. The summed E-state index contributed by atoms with van der Waals surface area (Å²) in [5.41, 5.74) is 0.775. The largest absolute Gasteiger partial charge is 0.493 e. The predicted octanol–water partition coefficient (Wildman–Crippen LogP) is 3.84. The van der Waals surface area contributed by atoms with E-state index in [-0.39, 0.29) is 0 Å². The average Bonchev–Trinajstić information content (AvgIpc) is 2.90. The molecule has 2 aromatic rings. The van der Waals surface area contributed by atoms with Gasteiger partial charge in [-0.05, 0) is 36.3 Å². The third-order valence-electron chi connectivity index (χ3n) is 3.25. The van der Waals surface area contributed by atoms with Crippen LogP contribution in [0.1, 0.15) is 31.2 Å². The standard InChI is InChI=1S/C15H19ClN4O2S/c1-4-5-6-13-18-19-15(23)20(13)17-9-10-7-11(16)14(22-3)12(8-10)21-2/h7-9H,4-6H2,1-3H3,(H,19,23)/b17-9-. The van der Waals surface area contributed by atoms with Crippen LogP contribution in [0, 0.1) is 4.77 Å².